The lowest BCUT2D eigenvalue weighted by atomic mass is 9.83. The summed E-state index contributed by atoms with van der Waals surface area (Å²) >= 11 is 6.28. The van der Waals surface area contributed by atoms with Gasteiger partial charge in [0.05, 0.1) is 6.61 Å². The first-order valence-electron chi connectivity index (χ1n) is 8.20. The zero-order valence-corrected chi connectivity index (χ0v) is 14.5. The van der Waals surface area contributed by atoms with E-state index in [0.29, 0.717) is 17.9 Å². The summed E-state index contributed by atoms with van der Waals surface area (Å²) in [6.45, 7) is 11.0. The predicted molar refractivity (Wildman–Crippen MR) is 90.4 cm³/mol. The summed E-state index contributed by atoms with van der Waals surface area (Å²) in [5, 5.41) is 4.48. The molecule has 0 aromatic heterocycles. The fourth-order valence-electron chi connectivity index (χ4n) is 3.26. The van der Waals surface area contributed by atoms with Crippen molar-refractivity contribution in [1.29, 1.82) is 0 Å². The first kappa shape index (κ1) is 16.6. The largest absolute Gasteiger partial charge is 0.493 e. The van der Waals surface area contributed by atoms with Gasteiger partial charge in [0.15, 0.2) is 0 Å². The van der Waals surface area contributed by atoms with Crippen LogP contribution in [-0.4, -0.2) is 19.2 Å². The molecule has 0 aliphatic carbocycles. The third kappa shape index (κ3) is 4.14. The Bertz CT molecular complexity index is 473. The van der Waals surface area contributed by atoms with Gasteiger partial charge in [0.25, 0.3) is 0 Å². The standard InChI is InChI=1S/C18H28ClNO/c1-5-7-20-13(4)17(12(2)3)11-15-10-16(19)9-14-6-8-21-18(14)15/h9-10,12-13,17,20H,5-8,11H2,1-4H3. The Balaban J connectivity index is 2.17. The Morgan fingerprint density at radius 1 is 1.29 bits per heavy atom. The van der Waals surface area contributed by atoms with E-state index in [1.807, 2.05) is 0 Å². The fraction of sp³-hybridized carbons (Fsp3) is 0.667. The molecular weight excluding hydrogens is 282 g/mol. The van der Waals surface area contributed by atoms with Crippen LogP contribution in [0.25, 0.3) is 0 Å². The van der Waals surface area contributed by atoms with E-state index < -0.39 is 0 Å². The average Bonchev–Trinajstić information content (AvgIpc) is 2.89. The van der Waals surface area contributed by atoms with Crippen LogP contribution in [-0.2, 0) is 12.8 Å². The van der Waals surface area contributed by atoms with Crippen molar-refractivity contribution in [3.63, 3.8) is 0 Å². The zero-order valence-electron chi connectivity index (χ0n) is 13.7. The van der Waals surface area contributed by atoms with Crippen LogP contribution in [0.5, 0.6) is 5.75 Å². The van der Waals surface area contributed by atoms with E-state index in [1.54, 1.807) is 0 Å². The van der Waals surface area contributed by atoms with Crippen molar-refractivity contribution in [1.82, 2.24) is 5.32 Å². The van der Waals surface area contributed by atoms with E-state index in [1.165, 1.54) is 17.5 Å². The SMILES string of the molecule is CCCNC(C)C(Cc1cc(Cl)cc2c1OCC2)C(C)C. The molecule has 0 radical (unpaired) electrons. The molecule has 1 aliphatic rings. The number of hydrogen-bond acceptors (Lipinski definition) is 2. The van der Waals surface area contributed by atoms with Gasteiger partial charge in [0.2, 0.25) is 0 Å². The molecule has 21 heavy (non-hydrogen) atoms. The number of halogens is 1. The first-order valence-corrected chi connectivity index (χ1v) is 8.58. The minimum atomic E-state index is 0.501. The highest BCUT2D eigenvalue weighted by molar-refractivity contribution is 6.30. The van der Waals surface area contributed by atoms with Gasteiger partial charge < -0.3 is 10.1 Å². The molecule has 1 N–H and O–H groups in total. The van der Waals surface area contributed by atoms with Crippen LogP contribution in [0.4, 0.5) is 0 Å². The number of hydrogen-bond donors (Lipinski definition) is 1. The van der Waals surface area contributed by atoms with Gasteiger partial charge in [0, 0.05) is 17.5 Å². The number of benzene rings is 1. The lowest BCUT2D eigenvalue weighted by molar-refractivity contribution is 0.284. The Morgan fingerprint density at radius 3 is 2.71 bits per heavy atom. The van der Waals surface area contributed by atoms with Crippen molar-refractivity contribution in [2.24, 2.45) is 11.8 Å². The molecule has 0 bridgehead atoms. The topological polar surface area (TPSA) is 21.3 Å². The monoisotopic (exact) mass is 309 g/mol. The molecule has 0 saturated heterocycles. The average molecular weight is 310 g/mol. The van der Waals surface area contributed by atoms with E-state index in [0.717, 1.165) is 36.8 Å². The lowest BCUT2D eigenvalue weighted by Gasteiger charge is -2.29. The molecule has 1 aromatic carbocycles. The van der Waals surface area contributed by atoms with Crippen LogP contribution >= 0.6 is 11.6 Å². The van der Waals surface area contributed by atoms with E-state index in [-0.39, 0.29) is 0 Å². The highest BCUT2D eigenvalue weighted by Crippen LogP contribution is 2.35. The van der Waals surface area contributed by atoms with Gasteiger partial charge in [-0.2, -0.15) is 0 Å². The van der Waals surface area contributed by atoms with Crippen molar-refractivity contribution in [2.45, 2.75) is 53.0 Å². The van der Waals surface area contributed by atoms with Crippen LogP contribution in [0.1, 0.15) is 45.2 Å². The summed E-state index contributed by atoms with van der Waals surface area (Å²) in [5.41, 5.74) is 2.55. The molecule has 0 saturated carbocycles. The fourth-order valence-corrected chi connectivity index (χ4v) is 3.53. The molecule has 1 aromatic rings. The maximum Gasteiger partial charge on any atom is 0.125 e. The summed E-state index contributed by atoms with van der Waals surface area (Å²) < 4.78 is 5.85. The van der Waals surface area contributed by atoms with Gasteiger partial charge in [-0.3, -0.25) is 0 Å². The van der Waals surface area contributed by atoms with Crippen LogP contribution < -0.4 is 10.1 Å². The zero-order chi connectivity index (χ0) is 15.4. The molecule has 1 aliphatic heterocycles. The second kappa shape index (κ2) is 7.51. The summed E-state index contributed by atoms with van der Waals surface area (Å²) in [6.07, 6.45) is 3.18. The van der Waals surface area contributed by atoms with Gasteiger partial charge in [0.1, 0.15) is 5.75 Å². The van der Waals surface area contributed by atoms with Gasteiger partial charge in [-0.05, 0) is 61.4 Å². The minimum absolute atomic E-state index is 0.501. The van der Waals surface area contributed by atoms with Crippen LogP contribution in [0.15, 0.2) is 12.1 Å². The van der Waals surface area contributed by atoms with Crippen molar-refractivity contribution in [3.05, 3.63) is 28.3 Å². The summed E-state index contributed by atoms with van der Waals surface area (Å²) in [4.78, 5) is 0. The Morgan fingerprint density at radius 2 is 2.05 bits per heavy atom. The van der Waals surface area contributed by atoms with Gasteiger partial charge >= 0.3 is 0 Å². The third-order valence-electron chi connectivity index (χ3n) is 4.50. The second-order valence-corrected chi connectivity index (χ2v) is 6.94. The first-order chi connectivity index (χ1) is 10.0. The molecule has 118 valence electrons. The molecule has 2 rings (SSSR count). The van der Waals surface area contributed by atoms with Gasteiger partial charge in [-0.1, -0.05) is 32.4 Å². The van der Waals surface area contributed by atoms with Crippen LogP contribution in [0.2, 0.25) is 5.02 Å². The maximum absolute atomic E-state index is 6.28. The minimum Gasteiger partial charge on any atom is -0.493 e. The molecule has 3 heteroatoms. The van der Waals surface area contributed by atoms with E-state index in [4.69, 9.17) is 16.3 Å². The van der Waals surface area contributed by atoms with Crippen molar-refractivity contribution >= 4 is 11.6 Å². The second-order valence-electron chi connectivity index (χ2n) is 6.51. The number of fused-ring (bicyclic) bond motifs is 1. The van der Waals surface area contributed by atoms with Gasteiger partial charge in [-0.15, -0.1) is 0 Å². The maximum atomic E-state index is 6.28. The molecule has 2 unspecified atom stereocenters. The lowest BCUT2D eigenvalue weighted by Crippen LogP contribution is -2.37. The quantitative estimate of drug-likeness (QED) is 0.802. The molecule has 0 fully saturated rings. The molecule has 1 heterocycles. The van der Waals surface area contributed by atoms with Crippen LogP contribution in [0.3, 0.4) is 0 Å². The van der Waals surface area contributed by atoms with E-state index >= 15 is 0 Å². The summed E-state index contributed by atoms with van der Waals surface area (Å²) in [6, 6.07) is 4.64. The van der Waals surface area contributed by atoms with Gasteiger partial charge in [-0.25, -0.2) is 0 Å². The Hall–Kier alpha value is -0.730. The number of ether oxygens (including phenoxy) is 1. The molecule has 0 spiro atoms. The van der Waals surface area contributed by atoms with Crippen molar-refractivity contribution in [2.75, 3.05) is 13.2 Å². The van der Waals surface area contributed by atoms with Crippen molar-refractivity contribution in [3.8, 4) is 5.75 Å². The molecule has 2 atom stereocenters. The highest BCUT2D eigenvalue weighted by Gasteiger charge is 2.25. The number of rotatable bonds is 7. The third-order valence-corrected chi connectivity index (χ3v) is 4.71. The normalized spacial score (nSPS) is 16.7. The van der Waals surface area contributed by atoms with Crippen molar-refractivity contribution < 1.29 is 4.74 Å². The summed E-state index contributed by atoms with van der Waals surface area (Å²) in [5.74, 6) is 2.30. The number of nitrogens with one attached hydrogen (secondary N) is 1. The molecular formula is C18H28ClNO. The smallest absolute Gasteiger partial charge is 0.125 e. The Labute approximate surface area is 134 Å². The molecule has 2 nitrogen and oxygen atoms in total. The van der Waals surface area contributed by atoms with Crippen LogP contribution in [0, 0.1) is 11.8 Å². The van der Waals surface area contributed by atoms with E-state index in [2.05, 4.69) is 45.1 Å². The highest BCUT2D eigenvalue weighted by atomic mass is 35.5. The molecule has 0 amide bonds. The summed E-state index contributed by atoms with van der Waals surface area (Å²) in [7, 11) is 0. The Kier molecular flexibility index (Phi) is 5.95. The van der Waals surface area contributed by atoms with E-state index in [9.17, 15) is 0 Å². The predicted octanol–water partition coefficient (Wildman–Crippen LogP) is 4.48.